The van der Waals surface area contributed by atoms with Crippen molar-refractivity contribution >= 4 is 22.6 Å². The lowest BCUT2D eigenvalue weighted by molar-refractivity contribution is 0.355. The molecule has 2 aromatic heterocycles. The third-order valence-electron chi connectivity index (χ3n) is 3.43. The molecule has 0 aliphatic heterocycles. The van der Waals surface area contributed by atoms with Gasteiger partial charge in [0.15, 0.2) is 11.5 Å². The fourth-order valence-corrected chi connectivity index (χ4v) is 2.26. The molecule has 0 atom stereocenters. The van der Waals surface area contributed by atoms with Crippen molar-refractivity contribution in [2.45, 2.75) is 13.8 Å². The molecule has 0 amide bonds. The minimum atomic E-state index is 0.452. The maximum Gasteiger partial charge on any atom is 0.263 e. The molecule has 0 aliphatic rings. The summed E-state index contributed by atoms with van der Waals surface area (Å²) >= 11 is 0. The molecule has 0 saturated carbocycles. The third kappa shape index (κ3) is 2.30. The first-order valence-electron chi connectivity index (χ1n) is 6.70. The van der Waals surface area contributed by atoms with E-state index in [4.69, 9.17) is 14.0 Å². The Bertz CT molecular complexity index is 829. The highest BCUT2D eigenvalue weighted by molar-refractivity contribution is 5.89. The van der Waals surface area contributed by atoms with Gasteiger partial charge in [-0.1, -0.05) is 5.16 Å². The Hall–Kier alpha value is -2.83. The lowest BCUT2D eigenvalue weighted by Gasteiger charge is -2.14. The van der Waals surface area contributed by atoms with Crippen LogP contribution in [0.1, 0.15) is 11.3 Å². The van der Waals surface area contributed by atoms with Crippen LogP contribution in [0, 0.1) is 13.8 Å². The van der Waals surface area contributed by atoms with Gasteiger partial charge in [-0.15, -0.1) is 0 Å². The summed E-state index contributed by atoms with van der Waals surface area (Å²) in [5, 5.41) is 7.96. The Morgan fingerprint density at radius 1 is 1.05 bits per heavy atom. The predicted molar refractivity (Wildman–Crippen MR) is 81.9 cm³/mol. The van der Waals surface area contributed by atoms with Crippen molar-refractivity contribution < 1.29 is 14.0 Å². The quantitative estimate of drug-likeness (QED) is 0.793. The second-order valence-electron chi connectivity index (χ2n) is 4.82. The fourth-order valence-electron chi connectivity index (χ4n) is 2.26. The molecule has 2 heterocycles. The van der Waals surface area contributed by atoms with E-state index in [1.54, 1.807) is 14.2 Å². The molecule has 0 radical (unpaired) electrons. The molecule has 3 aromatic rings. The Kier molecular flexibility index (Phi) is 3.54. The summed E-state index contributed by atoms with van der Waals surface area (Å²) < 4.78 is 15.8. The van der Waals surface area contributed by atoms with Gasteiger partial charge in [-0.05, 0) is 25.5 Å². The number of anilines is 2. The van der Waals surface area contributed by atoms with Crippen molar-refractivity contribution in [1.29, 1.82) is 0 Å². The van der Waals surface area contributed by atoms with Crippen LogP contribution >= 0.6 is 0 Å². The Morgan fingerprint density at radius 2 is 1.77 bits per heavy atom. The summed E-state index contributed by atoms with van der Waals surface area (Å²) in [7, 11) is 3.21. The van der Waals surface area contributed by atoms with Gasteiger partial charge >= 0.3 is 0 Å². The van der Waals surface area contributed by atoms with Crippen LogP contribution < -0.4 is 14.8 Å². The first-order valence-corrected chi connectivity index (χ1v) is 6.70. The number of fused-ring (bicyclic) bond motifs is 1. The largest absolute Gasteiger partial charge is 0.493 e. The normalized spacial score (nSPS) is 10.7. The van der Waals surface area contributed by atoms with Gasteiger partial charge < -0.3 is 19.3 Å². The number of ether oxygens (including phenoxy) is 2. The number of aromatic nitrogens is 3. The molecule has 0 bridgehead atoms. The molecule has 114 valence electrons. The van der Waals surface area contributed by atoms with E-state index < -0.39 is 0 Å². The van der Waals surface area contributed by atoms with Crippen molar-refractivity contribution in [2.75, 3.05) is 19.5 Å². The minimum Gasteiger partial charge on any atom is -0.493 e. The van der Waals surface area contributed by atoms with Gasteiger partial charge in [0.05, 0.1) is 19.9 Å². The first kappa shape index (κ1) is 14.1. The molecular weight excluding hydrogens is 284 g/mol. The maximum absolute atomic E-state index is 5.34. The summed E-state index contributed by atoms with van der Waals surface area (Å²) in [6.45, 7) is 3.82. The highest BCUT2D eigenvalue weighted by Crippen LogP contribution is 2.35. The molecule has 22 heavy (non-hydrogen) atoms. The average Bonchev–Trinajstić information content (AvgIpc) is 2.91. The van der Waals surface area contributed by atoms with Crippen LogP contribution in [0.25, 0.3) is 11.1 Å². The topological polar surface area (TPSA) is 82.3 Å². The number of methoxy groups -OCH3 is 2. The Balaban J connectivity index is 2.07. The molecule has 0 aliphatic carbocycles. The Labute approximate surface area is 127 Å². The molecule has 0 saturated heterocycles. The lowest BCUT2D eigenvalue weighted by atomic mass is 10.1. The van der Waals surface area contributed by atoms with Gasteiger partial charge in [0.25, 0.3) is 5.71 Å². The monoisotopic (exact) mass is 300 g/mol. The third-order valence-corrected chi connectivity index (χ3v) is 3.43. The second kappa shape index (κ2) is 5.51. The Morgan fingerprint density at radius 3 is 2.50 bits per heavy atom. The molecule has 1 N–H and O–H groups in total. The van der Waals surface area contributed by atoms with Crippen LogP contribution in [0.3, 0.4) is 0 Å². The number of hydrogen-bond donors (Lipinski definition) is 1. The van der Waals surface area contributed by atoms with Crippen molar-refractivity contribution in [1.82, 2.24) is 15.1 Å². The molecule has 7 heteroatoms. The van der Waals surface area contributed by atoms with E-state index in [0.717, 1.165) is 22.3 Å². The predicted octanol–water partition coefficient (Wildman–Crippen LogP) is 3.00. The summed E-state index contributed by atoms with van der Waals surface area (Å²) in [6, 6.07) is 3.77. The van der Waals surface area contributed by atoms with Crippen molar-refractivity contribution in [3.05, 3.63) is 29.7 Å². The fraction of sp³-hybridized carbons (Fsp3) is 0.267. The average molecular weight is 300 g/mol. The van der Waals surface area contributed by atoms with E-state index in [0.29, 0.717) is 23.0 Å². The number of rotatable bonds is 4. The van der Waals surface area contributed by atoms with E-state index in [2.05, 4.69) is 20.4 Å². The molecule has 0 unspecified atom stereocenters. The van der Waals surface area contributed by atoms with Crippen LogP contribution in [0.5, 0.6) is 11.5 Å². The number of nitrogens with one attached hydrogen (secondary N) is 1. The summed E-state index contributed by atoms with van der Waals surface area (Å²) in [6.07, 6.45) is 1.44. The number of aryl methyl sites for hydroxylation is 2. The van der Waals surface area contributed by atoms with E-state index in [-0.39, 0.29) is 0 Å². The number of benzene rings is 1. The number of hydrogen-bond acceptors (Lipinski definition) is 7. The molecule has 3 rings (SSSR count). The van der Waals surface area contributed by atoms with E-state index >= 15 is 0 Å². The smallest absolute Gasteiger partial charge is 0.263 e. The first-order chi connectivity index (χ1) is 10.6. The van der Waals surface area contributed by atoms with Crippen LogP contribution in [0.15, 0.2) is 23.0 Å². The van der Waals surface area contributed by atoms with Crippen molar-refractivity contribution in [3.63, 3.8) is 0 Å². The highest BCUT2D eigenvalue weighted by Gasteiger charge is 2.14. The van der Waals surface area contributed by atoms with Gasteiger partial charge in [0, 0.05) is 11.8 Å². The van der Waals surface area contributed by atoms with Crippen molar-refractivity contribution in [2.24, 2.45) is 0 Å². The number of nitrogens with zero attached hydrogens (tertiary/aromatic N) is 3. The molecular formula is C15H16N4O3. The zero-order chi connectivity index (χ0) is 15.7. The summed E-state index contributed by atoms with van der Waals surface area (Å²) in [5.41, 5.74) is 3.04. The SMILES string of the molecule is COc1cc(C)c(Nc2ncnc3onc(C)c23)cc1OC. The molecule has 0 spiro atoms. The highest BCUT2D eigenvalue weighted by atomic mass is 16.5. The molecule has 7 nitrogen and oxygen atoms in total. The summed E-state index contributed by atoms with van der Waals surface area (Å²) in [4.78, 5) is 8.34. The zero-order valence-corrected chi connectivity index (χ0v) is 12.8. The van der Waals surface area contributed by atoms with Crippen LogP contribution in [-0.2, 0) is 0 Å². The zero-order valence-electron chi connectivity index (χ0n) is 12.8. The second-order valence-corrected chi connectivity index (χ2v) is 4.82. The van der Waals surface area contributed by atoms with E-state index in [9.17, 15) is 0 Å². The minimum absolute atomic E-state index is 0.452. The van der Waals surface area contributed by atoms with Crippen LogP contribution in [0.2, 0.25) is 0 Å². The van der Waals surface area contributed by atoms with Crippen molar-refractivity contribution in [3.8, 4) is 11.5 Å². The molecule has 0 fully saturated rings. The van der Waals surface area contributed by atoms with Gasteiger partial charge in [-0.25, -0.2) is 4.98 Å². The lowest BCUT2D eigenvalue weighted by Crippen LogP contribution is -1.99. The van der Waals surface area contributed by atoms with E-state index in [1.807, 2.05) is 26.0 Å². The molecule has 1 aromatic carbocycles. The maximum atomic E-state index is 5.34. The van der Waals surface area contributed by atoms with Crippen LogP contribution in [0.4, 0.5) is 11.5 Å². The standard InChI is InChI=1S/C15H16N4O3/c1-8-5-11(20-3)12(21-4)6-10(8)18-14-13-9(2)19-22-15(13)17-7-16-14/h5-7H,1-4H3,(H,16,17,18). The van der Waals surface area contributed by atoms with Crippen LogP contribution in [-0.4, -0.2) is 29.3 Å². The van der Waals surface area contributed by atoms with Gasteiger partial charge in [0.1, 0.15) is 17.5 Å². The summed E-state index contributed by atoms with van der Waals surface area (Å²) in [5.74, 6) is 1.96. The van der Waals surface area contributed by atoms with Gasteiger partial charge in [-0.3, -0.25) is 0 Å². The van der Waals surface area contributed by atoms with Gasteiger partial charge in [0.2, 0.25) is 0 Å². The van der Waals surface area contributed by atoms with Gasteiger partial charge in [-0.2, -0.15) is 4.98 Å². The van der Waals surface area contributed by atoms with E-state index in [1.165, 1.54) is 6.33 Å².